The third-order valence-electron chi connectivity index (χ3n) is 3.88. The van der Waals surface area contributed by atoms with E-state index in [0.717, 1.165) is 6.54 Å². The van der Waals surface area contributed by atoms with E-state index in [9.17, 15) is 0 Å². The Morgan fingerprint density at radius 3 is 2.38 bits per heavy atom. The summed E-state index contributed by atoms with van der Waals surface area (Å²) in [7, 11) is 1.78. The van der Waals surface area contributed by atoms with Gasteiger partial charge in [-0.3, -0.25) is 4.90 Å². The van der Waals surface area contributed by atoms with Gasteiger partial charge in [0, 0.05) is 25.7 Å². The Hall–Kier alpha value is -0.120. The molecule has 1 rings (SSSR count). The molecule has 3 atom stereocenters. The zero-order valence-electron chi connectivity index (χ0n) is 11.3. The van der Waals surface area contributed by atoms with Crippen molar-refractivity contribution in [2.45, 2.75) is 58.2 Å². The van der Waals surface area contributed by atoms with Gasteiger partial charge in [0.15, 0.2) is 0 Å². The lowest BCUT2D eigenvalue weighted by molar-refractivity contribution is 0.0849. The molecule has 1 saturated heterocycles. The van der Waals surface area contributed by atoms with Crippen molar-refractivity contribution < 1.29 is 4.74 Å². The highest BCUT2D eigenvalue weighted by molar-refractivity contribution is 4.79. The van der Waals surface area contributed by atoms with Gasteiger partial charge in [0.1, 0.15) is 0 Å². The normalized spacial score (nSPS) is 23.2. The second-order valence-corrected chi connectivity index (χ2v) is 4.94. The van der Waals surface area contributed by atoms with E-state index in [4.69, 9.17) is 4.74 Å². The number of methoxy groups -OCH3 is 1. The van der Waals surface area contributed by atoms with Crippen molar-refractivity contribution in [3.63, 3.8) is 0 Å². The summed E-state index contributed by atoms with van der Waals surface area (Å²) in [6, 6.07) is 1.13. The van der Waals surface area contributed by atoms with Crippen LogP contribution < -0.4 is 5.32 Å². The molecule has 0 bridgehead atoms. The number of hydrogen-bond acceptors (Lipinski definition) is 3. The largest absolute Gasteiger partial charge is 0.380 e. The predicted molar refractivity (Wildman–Crippen MR) is 68.8 cm³/mol. The Balaban J connectivity index is 2.27. The summed E-state index contributed by atoms with van der Waals surface area (Å²) in [5, 5.41) is 3.59. The van der Waals surface area contributed by atoms with Gasteiger partial charge in [-0.2, -0.15) is 0 Å². The van der Waals surface area contributed by atoms with Crippen molar-refractivity contribution in [2.75, 3.05) is 26.7 Å². The quantitative estimate of drug-likeness (QED) is 0.720. The van der Waals surface area contributed by atoms with Gasteiger partial charge in [0.05, 0.1) is 6.10 Å². The molecule has 1 heterocycles. The van der Waals surface area contributed by atoms with Gasteiger partial charge in [-0.05, 0) is 46.2 Å². The summed E-state index contributed by atoms with van der Waals surface area (Å²) in [6.07, 6.45) is 4.28. The SMILES string of the molecule is CCC(CNC(C)C(C)OC)N1CCCC1. The number of ether oxygens (including phenoxy) is 1. The first-order valence-electron chi connectivity index (χ1n) is 6.69. The second-order valence-electron chi connectivity index (χ2n) is 4.94. The molecule has 0 spiro atoms. The number of nitrogens with zero attached hydrogens (tertiary/aromatic N) is 1. The number of hydrogen-bond donors (Lipinski definition) is 1. The van der Waals surface area contributed by atoms with E-state index < -0.39 is 0 Å². The molecule has 0 aromatic carbocycles. The van der Waals surface area contributed by atoms with E-state index in [1.807, 2.05) is 0 Å². The van der Waals surface area contributed by atoms with Crippen LogP contribution in [0.4, 0.5) is 0 Å². The minimum Gasteiger partial charge on any atom is -0.380 e. The predicted octanol–water partition coefficient (Wildman–Crippen LogP) is 1.87. The first-order valence-corrected chi connectivity index (χ1v) is 6.69. The van der Waals surface area contributed by atoms with E-state index in [-0.39, 0.29) is 6.10 Å². The molecule has 0 amide bonds. The summed E-state index contributed by atoms with van der Waals surface area (Å²) in [6.45, 7) is 10.3. The molecular formula is C13H28N2O. The van der Waals surface area contributed by atoms with Crippen LogP contribution in [0.5, 0.6) is 0 Å². The van der Waals surface area contributed by atoms with Crippen LogP contribution in [-0.2, 0) is 4.74 Å². The van der Waals surface area contributed by atoms with Crippen molar-refractivity contribution in [1.29, 1.82) is 0 Å². The zero-order valence-corrected chi connectivity index (χ0v) is 11.3. The molecule has 96 valence electrons. The fourth-order valence-electron chi connectivity index (χ4n) is 2.33. The minimum absolute atomic E-state index is 0.288. The van der Waals surface area contributed by atoms with E-state index >= 15 is 0 Å². The Bertz CT molecular complexity index is 181. The Labute approximate surface area is 101 Å². The molecule has 3 unspecified atom stereocenters. The van der Waals surface area contributed by atoms with Crippen molar-refractivity contribution in [3.8, 4) is 0 Å². The average molecular weight is 228 g/mol. The molecule has 0 radical (unpaired) electrons. The minimum atomic E-state index is 0.288. The Morgan fingerprint density at radius 1 is 1.25 bits per heavy atom. The third kappa shape index (κ3) is 4.04. The van der Waals surface area contributed by atoms with Gasteiger partial charge < -0.3 is 10.1 Å². The molecule has 0 aliphatic carbocycles. The highest BCUT2D eigenvalue weighted by Gasteiger charge is 2.21. The molecule has 0 aromatic rings. The molecule has 1 N–H and O–H groups in total. The van der Waals surface area contributed by atoms with Crippen molar-refractivity contribution in [1.82, 2.24) is 10.2 Å². The van der Waals surface area contributed by atoms with E-state index in [1.54, 1.807) is 7.11 Å². The molecule has 16 heavy (non-hydrogen) atoms. The monoisotopic (exact) mass is 228 g/mol. The Morgan fingerprint density at radius 2 is 1.88 bits per heavy atom. The summed E-state index contributed by atoms with van der Waals surface area (Å²) >= 11 is 0. The fraction of sp³-hybridized carbons (Fsp3) is 1.00. The van der Waals surface area contributed by atoms with Crippen LogP contribution in [0.1, 0.15) is 40.0 Å². The highest BCUT2D eigenvalue weighted by Crippen LogP contribution is 2.13. The van der Waals surface area contributed by atoms with Crippen LogP contribution in [0.15, 0.2) is 0 Å². The zero-order chi connectivity index (χ0) is 12.0. The van der Waals surface area contributed by atoms with Crippen LogP contribution in [0.2, 0.25) is 0 Å². The summed E-state index contributed by atoms with van der Waals surface area (Å²) in [5.41, 5.74) is 0. The van der Waals surface area contributed by atoms with Crippen LogP contribution in [0.3, 0.4) is 0 Å². The molecule has 3 heteroatoms. The maximum Gasteiger partial charge on any atom is 0.0693 e. The van der Waals surface area contributed by atoms with Gasteiger partial charge in [0.25, 0.3) is 0 Å². The summed E-state index contributed by atoms with van der Waals surface area (Å²) in [4.78, 5) is 2.62. The van der Waals surface area contributed by atoms with Gasteiger partial charge >= 0.3 is 0 Å². The van der Waals surface area contributed by atoms with Crippen LogP contribution in [0, 0.1) is 0 Å². The van der Waals surface area contributed by atoms with Crippen LogP contribution in [0.25, 0.3) is 0 Å². The number of rotatable bonds is 7. The van der Waals surface area contributed by atoms with E-state index in [2.05, 4.69) is 31.0 Å². The van der Waals surface area contributed by atoms with Crippen LogP contribution >= 0.6 is 0 Å². The second kappa shape index (κ2) is 7.25. The summed E-state index contributed by atoms with van der Waals surface area (Å²) < 4.78 is 5.33. The molecule has 1 aliphatic heterocycles. The lowest BCUT2D eigenvalue weighted by Crippen LogP contribution is -2.46. The van der Waals surface area contributed by atoms with Gasteiger partial charge in [0.2, 0.25) is 0 Å². The standard InChI is InChI=1S/C13H28N2O/c1-5-13(15-8-6-7-9-15)10-14-11(2)12(3)16-4/h11-14H,5-10H2,1-4H3. The Kier molecular flexibility index (Phi) is 6.32. The average Bonchev–Trinajstić information content (AvgIpc) is 2.82. The number of nitrogens with one attached hydrogen (secondary N) is 1. The van der Waals surface area contributed by atoms with E-state index in [0.29, 0.717) is 12.1 Å². The van der Waals surface area contributed by atoms with Crippen molar-refractivity contribution in [3.05, 3.63) is 0 Å². The summed E-state index contributed by atoms with van der Waals surface area (Å²) in [5.74, 6) is 0. The smallest absolute Gasteiger partial charge is 0.0693 e. The lowest BCUT2D eigenvalue weighted by atomic mass is 10.1. The molecule has 1 fully saturated rings. The molecule has 3 nitrogen and oxygen atoms in total. The van der Waals surface area contributed by atoms with E-state index in [1.165, 1.54) is 32.4 Å². The molecule has 0 aromatic heterocycles. The highest BCUT2D eigenvalue weighted by atomic mass is 16.5. The topological polar surface area (TPSA) is 24.5 Å². The van der Waals surface area contributed by atoms with Gasteiger partial charge in [-0.15, -0.1) is 0 Å². The number of likely N-dealkylation sites (tertiary alicyclic amines) is 1. The van der Waals surface area contributed by atoms with Crippen molar-refractivity contribution >= 4 is 0 Å². The maximum absolute atomic E-state index is 5.33. The third-order valence-corrected chi connectivity index (χ3v) is 3.88. The van der Waals surface area contributed by atoms with Gasteiger partial charge in [-0.25, -0.2) is 0 Å². The van der Waals surface area contributed by atoms with Crippen LogP contribution in [-0.4, -0.2) is 49.8 Å². The van der Waals surface area contributed by atoms with Gasteiger partial charge in [-0.1, -0.05) is 6.92 Å². The maximum atomic E-state index is 5.33. The first-order chi connectivity index (χ1) is 7.69. The van der Waals surface area contributed by atoms with Crippen molar-refractivity contribution in [2.24, 2.45) is 0 Å². The molecule has 0 saturated carbocycles. The molecule has 1 aliphatic rings. The first kappa shape index (κ1) is 13.9. The molecular weight excluding hydrogens is 200 g/mol. The lowest BCUT2D eigenvalue weighted by Gasteiger charge is -2.29. The fourth-order valence-corrected chi connectivity index (χ4v) is 2.33.